The largest absolute Gasteiger partial charge is 0.357 e. The number of rotatable bonds is 0. The van der Waals surface area contributed by atoms with Gasteiger partial charge >= 0.3 is 0 Å². The van der Waals surface area contributed by atoms with Gasteiger partial charge in [-0.25, -0.2) is 0 Å². The molecule has 2 nitrogen and oxygen atoms in total. The molecule has 2 heteroatoms. The number of aromatic nitrogens is 2. The molecule has 0 aromatic carbocycles. The van der Waals surface area contributed by atoms with Crippen LogP contribution in [0.3, 0.4) is 0 Å². The summed E-state index contributed by atoms with van der Waals surface area (Å²) in [6.07, 6.45) is 6.92. The van der Waals surface area contributed by atoms with Crippen molar-refractivity contribution in [3.05, 3.63) is 29.6 Å². The third kappa shape index (κ3) is 0.981. The minimum atomic E-state index is 1.19. The predicted octanol–water partition coefficient (Wildman–Crippen LogP) is 2.44. The molecule has 1 N–H and O–H groups in total. The number of H-pyrrole nitrogens is 1. The number of pyridine rings is 1. The third-order valence-electron chi connectivity index (χ3n) is 2.85. The zero-order valence-electron chi connectivity index (χ0n) is 7.51. The lowest BCUT2D eigenvalue weighted by Crippen LogP contribution is -2.00. The number of fused-ring (bicyclic) bond motifs is 3. The van der Waals surface area contributed by atoms with Crippen LogP contribution in [-0.4, -0.2) is 9.97 Å². The number of nitrogens with zero attached hydrogens (tertiary/aromatic N) is 1. The van der Waals surface area contributed by atoms with Gasteiger partial charge in [-0.1, -0.05) is 0 Å². The van der Waals surface area contributed by atoms with Crippen LogP contribution in [0.2, 0.25) is 0 Å². The lowest BCUT2D eigenvalue weighted by Gasteiger charge is -2.09. The minimum absolute atomic E-state index is 1.19. The fourth-order valence-corrected chi connectivity index (χ4v) is 2.21. The topological polar surface area (TPSA) is 28.7 Å². The summed E-state index contributed by atoms with van der Waals surface area (Å²) in [6, 6.07) is 4.10. The van der Waals surface area contributed by atoms with E-state index in [-0.39, 0.29) is 0 Å². The SMILES string of the molecule is c1cnc2c3c([nH]c2c1)CCCC3. The van der Waals surface area contributed by atoms with E-state index in [1.54, 1.807) is 0 Å². The first-order valence-electron chi connectivity index (χ1n) is 4.89. The van der Waals surface area contributed by atoms with E-state index < -0.39 is 0 Å². The molecule has 0 fully saturated rings. The van der Waals surface area contributed by atoms with E-state index in [1.807, 2.05) is 12.3 Å². The van der Waals surface area contributed by atoms with Crippen LogP contribution in [0.4, 0.5) is 0 Å². The maximum atomic E-state index is 4.42. The highest BCUT2D eigenvalue weighted by Crippen LogP contribution is 2.26. The first-order valence-corrected chi connectivity index (χ1v) is 4.89. The van der Waals surface area contributed by atoms with Crippen molar-refractivity contribution in [3.63, 3.8) is 0 Å². The second-order valence-corrected chi connectivity index (χ2v) is 3.69. The van der Waals surface area contributed by atoms with E-state index in [1.165, 1.54) is 48.0 Å². The van der Waals surface area contributed by atoms with E-state index in [2.05, 4.69) is 16.0 Å². The Kier molecular flexibility index (Phi) is 1.42. The maximum Gasteiger partial charge on any atom is 0.0913 e. The second kappa shape index (κ2) is 2.59. The molecule has 0 aliphatic heterocycles. The second-order valence-electron chi connectivity index (χ2n) is 3.69. The molecule has 1 aliphatic rings. The molecule has 3 rings (SSSR count). The van der Waals surface area contributed by atoms with Gasteiger partial charge in [0.05, 0.1) is 11.0 Å². The van der Waals surface area contributed by atoms with Crippen molar-refractivity contribution in [1.29, 1.82) is 0 Å². The van der Waals surface area contributed by atoms with E-state index in [0.29, 0.717) is 0 Å². The summed E-state index contributed by atoms with van der Waals surface area (Å²) in [7, 11) is 0. The molecule has 0 bridgehead atoms. The Morgan fingerprint density at radius 2 is 2.15 bits per heavy atom. The van der Waals surface area contributed by atoms with Crippen molar-refractivity contribution in [3.8, 4) is 0 Å². The number of hydrogen-bond donors (Lipinski definition) is 1. The van der Waals surface area contributed by atoms with E-state index in [0.717, 1.165) is 0 Å². The molecule has 2 aromatic rings. The molecule has 0 unspecified atom stereocenters. The summed E-state index contributed by atoms with van der Waals surface area (Å²) < 4.78 is 0. The van der Waals surface area contributed by atoms with Gasteiger partial charge in [-0.3, -0.25) is 4.98 Å². The van der Waals surface area contributed by atoms with Crippen molar-refractivity contribution in [2.45, 2.75) is 25.7 Å². The third-order valence-corrected chi connectivity index (χ3v) is 2.85. The van der Waals surface area contributed by atoms with Crippen LogP contribution in [0.5, 0.6) is 0 Å². The van der Waals surface area contributed by atoms with Crippen LogP contribution >= 0.6 is 0 Å². The molecule has 0 saturated heterocycles. The summed E-state index contributed by atoms with van der Waals surface area (Å²) in [6.45, 7) is 0. The van der Waals surface area contributed by atoms with Crippen molar-refractivity contribution >= 4 is 11.0 Å². The molecule has 0 atom stereocenters. The van der Waals surface area contributed by atoms with Gasteiger partial charge in [0, 0.05) is 11.9 Å². The molecule has 13 heavy (non-hydrogen) atoms. The molecule has 1 aliphatic carbocycles. The zero-order valence-corrected chi connectivity index (χ0v) is 7.51. The fraction of sp³-hybridized carbons (Fsp3) is 0.364. The molecule has 66 valence electrons. The van der Waals surface area contributed by atoms with Crippen molar-refractivity contribution in [2.75, 3.05) is 0 Å². The lowest BCUT2D eigenvalue weighted by atomic mass is 9.97. The van der Waals surface area contributed by atoms with Gasteiger partial charge in [0.25, 0.3) is 0 Å². The Morgan fingerprint density at radius 1 is 1.23 bits per heavy atom. The number of aryl methyl sites for hydroxylation is 2. The summed E-state index contributed by atoms with van der Waals surface area (Å²) >= 11 is 0. The highest BCUT2D eigenvalue weighted by Gasteiger charge is 2.15. The predicted molar refractivity (Wildman–Crippen MR) is 52.7 cm³/mol. The minimum Gasteiger partial charge on any atom is -0.357 e. The van der Waals surface area contributed by atoms with Crippen molar-refractivity contribution in [2.24, 2.45) is 0 Å². The summed E-state index contributed by atoms with van der Waals surface area (Å²) in [4.78, 5) is 7.88. The first-order chi connectivity index (χ1) is 6.45. The van der Waals surface area contributed by atoms with Gasteiger partial charge in [-0.2, -0.15) is 0 Å². The molecule has 2 heterocycles. The Hall–Kier alpha value is -1.31. The van der Waals surface area contributed by atoms with Crippen LogP contribution in [-0.2, 0) is 12.8 Å². The lowest BCUT2D eigenvalue weighted by molar-refractivity contribution is 0.679. The highest BCUT2D eigenvalue weighted by atomic mass is 14.8. The quantitative estimate of drug-likeness (QED) is 0.649. The van der Waals surface area contributed by atoms with Crippen LogP contribution in [0.1, 0.15) is 24.1 Å². The number of aromatic amines is 1. The standard InChI is InChI=1S/C11H12N2/c1-2-5-9-8(4-1)11-10(13-9)6-3-7-12-11/h3,6-7,13H,1-2,4-5H2. The number of nitrogens with one attached hydrogen (secondary N) is 1. The van der Waals surface area contributed by atoms with Gasteiger partial charge in [0.2, 0.25) is 0 Å². The van der Waals surface area contributed by atoms with Crippen LogP contribution in [0.15, 0.2) is 18.3 Å². The van der Waals surface area contributed by atoms with Crippen LogP contribution in [0.25, 0.3) is 11.0 Å². The van der Waals surface area contributed by atoms with E-state index in [4.69, 9.17) is 0 Å². The van der Waals surface area contributed by atoms with Crippen molar-refractivity contribution in [1.82, 2.24) is 9.97 Å². The normalized spacial score (nSPS) is 16.0. The number of hydrogen-bond acceptors (Lipinski definition) is 1. The van der Waals surface area contributed by atoms with Gasteiger partial charge in [0.1, 0.15) is 0 Å². The molecular weight excluding hydrogens is 160 g/mol. The average molecular weight is 172 g/mol. The molecule has 0 spiro atoms. The Bertz CT molecular complexity index is 442. The molecule has 2 aromatic heterocycles. The van der Waals surface area contributed by atoms with Gasteiger partial charge in [-0.05, 0) is 43.4 Å². The average Bonchev–Trinajstić information content (AvgIpc) is 2.56. The monoisotopic (exact) mass is 172 g/mol. The highest BCUT2D eigenvalue weighted by molar-refractivity contribution is 5.80. The molecule has 0 amide bonds. The van der Waals surface area contributed by atoms with Crippen LogP contribution in [0, 0.1) is 0 Å². The summed E-state index contributed by atoms with van der Waals surface area (Å²) in [5.74, 6) is 0. The van der Waals surface area contributed by atoms with E-state index in [9.17, 15) is 0 Å². The van der Waals surface area contributed by atoms with Gasteiger partial charge in [0.15, 0.2) is 0 Å². The maximum absolute atomic E-state index is 4.42. The summed E-state index contributed by atoms with van der Waals surface area (Å²) in [5, 5.41) is 0. The van der Waals surface area contributed by atoms with E-state index >= 15 is 0 Å². The van der Waals surface area contributed by atoms with Gasteiger partial charge in [-0.15, -0.1) is 0 Å². The Morgan fingerprint density at radius 3 is 3.15 bits per heavy atom. The molecule has 0 saturated carbocycles. The fourth-order valence-electron chi connectivity index (χ4n) is 2.21. The summed E-state index contributed by atoms with van der Waals surface area (Å²) in [5.41, 5.74) is 5.27. The van der Waals surface area contributed by atoms with Crippen LogP contribution < -0.4 is 0 Å². The Balaban J connectivity index is 2.34. The van der Waals surface area contributed by atoms with Gasteiger partial charge < -0.3 is 4.98 Å². The zero-order chi connectivity index (χ0) is 8.67. The Labute approximate surface area is 77.0 Å². The van der Waals surface area contributed by atoms with Crippen molar-refractivity contribution < 1.29 is 0 Å². The smallest absolute Gasteiger partial charge is 0.0913 e. The first kappa shape index (κ1) is 7.13. The molecular formula is C11H12N2. The molecule has 0 radical (unpaired) electrons.